The lowest BCUT2D eigenvalue weighted by Gasteiger charge is -2.30. The molecule has 134 valence electrons. The summed E-state index contributed by atoms with van der Waals surface area (Å²) in [6, 6.07) is 7.25. The van der Waals surface area contributed by atoms with Gasteiger partial charge in [0.05, 0.1) is 5.02 Å². The summed E-state index contributed by atoms with van der Waals surface area (Å²) < 4.78 is 5.76. The topological polar surface area (TPSA) is 41.6 Å². The Kier molecular flexibility index (Phi) is 7.86. The number of nitrogens with one attached hydrogen (secondary N) is 1. The van der Waals surface area contributed by atoms with Gasteiger partial charge in [0, 0.05) is 6.54 Å². The summed E-state index contributed by atoms with van der Waals surface area (Å²) in [4.78, 5) is 14.8. The van der Waals surface area contributed by atoms with Crippen LogP contribution in [0.1, 0.15) is 39.5 Å². The quantitative estimate of drug-likeness (QED) is 0.725. The largest absolute Gasteiger partial charge is 0.479 e. The van der Waals surface area contributed by atoms with Crippen molar-refractivity contribution in [1.29, 1.82) is 0 Å². The minimum absolute atomic E-state index is 0.0651. The number of ether oxygens (including phenoxy) is 1. The Labute approximate surface area is 150 Å². The van der Waals surface area contributed by atoms with Gasteiger partial charge in [-0.15, -0.1) is 0 Å². The molecule has 1 fully saturated rings. The number of amides is 1. The van der Waals surface area contributed by atoms with Crippen LogP contribution in [0.5, 0.6) is 5.75 Å². The van der Waals surface area contributed by atoms with Gasteiger partial charge in [0.25, 0.3) is 5.91 Å². The van der Waals surface area contributed by atoms with Crippen molar-refractivity contribution < 1.29 is 9.53 Å². The van der Waals surface area contributed by atoms with Gasteiger partial charge in [-0.2, -0.15) is 0 Å². The Hall–Kier alpha value is -1.26. The molecule has 0 spiro atoms. The van der Waals surface area contributed by atoms with Gasteiger partial charge < -0.3 is 15.0 Å². The monoisotopic (exact) mass is 352 g/mol. The minimum Gasteiger partial charge on any atom is -0.479 e. The fourth-order valence-electron chi connectivity index (χ4n) is 2.93. The Balaban J connectivity index is 1.69. The predicted molar refractivity (Wildman–Crippen MR) is 98.6 cm³/mol. The van der Waals surface area contributed by atoms with Gasteiger partial charge in [-0.3, -0.25) is 4.79 Å². The van der Waals surface area contributed by atoms with E-state index < -0.39 is 6.10 Å². The Morgan fingerprint density at radius 3 is 2.75 bits per heavy atom. The number of likely N-dealkylation sites (tertiary alicyclic amines) is 1. The van der Waals surface area contributed by atoms with E-state index in [1.807, 2.05) is 19.1 Å². The molecular formula is C19H29ClN2O2. The highest BCUT2D eigenvalue weighted by Gasteiger charge is 2.19. The Bertz CT molecular complexity index is 516. The van der Waals surface area contributed by atoms with Crippen LogP contribution in [0.15, 0.2) is 24.3 Å². The Morgan fingerprint density at radius 2 is 2.08 bits per heavy atom. The molecule has 4 nitrogen and oxygen atoms in total. The van der Waals surface area contributed by atoms with Crippen molar-refractivity contribution in [3.8, 4) is 5.75 Å². The van der Waals surface area contributed by atoms with E-state index in [-0.39, 0.29) is 5.91 Å². The number of piperidine rings is 1. The molecule has 1 saturated heterocycles. The number of hydrogen-bond acceptors (Lipinski definition) is 3. The third-order valence-electron chi connectivity index (χ3n) is 4.60. The minimum atomic E-state index is -0.499. The maximum atomic E-state index is 12.3. The van der Waals surface area contributed by atoms with E-state index in [9.17, 15) is 4.79 Å². The molecule has 1 N–H and O–H groups in total. The molecule has 0 aliphatic carbocycles. The molecule has 1 aliphatic heterocycles. The van der Waals surface area contributed by atoms with Crippen LogP contribution in [0, 0.1) is 5.92 Å². The molecule has 24 heavy (non-hydrogen) atoms. The van der Waals surface area contributed by atoms with E-state index in [0.717, 1.165) is 18.9 Å². The first-order chi connectivity index (χ1) is 11.6. The molecule has 0 aromatic heterocycles. The number of benzene rings is 1. The van der Waals surface area contributed by atoms with Crippen molar-refractivity contribution >= 4 is 17.5 Å². The number of rotatable bonds is 8. The molecule has 5 heteroatoms. The van der Waals surface area contributed by atoms with Crippen LogP contribution >= 0.6 is 11.6 Å². The van der Waals surface area contributed by atoms with E-state index in [1.54, 1.807) is 12.1 Å². The zero-order chi connectivity index (χ0) is 17.4. The third-order valence-corrected chi connectivity index (χ3v) is 4.91. The van der Waals surface area contributed by atoms with Crippen LogP contribution in [0.3, 0.4) is 0 Å². The zero-order valence-corrected chi connectivity index (χ0v) is 15.5. The molecule has 0 unspecified atom stereocenters. The van der Waals surface area contributed by atoms with E-state index in [0.29, 0.717) is 23.7 Å². The summed E-state index contributed by atoms with van der Waals surface area (Å²) in [5.41, 5.74) is 0. The number of carbonyl (C=O) groups excluding carboxylic acids is 1. The van der Waals surface area contributed by atoms with Crippen molar-refractivity contribution in [3.63, 3.8) is 0 Å². The predicted octanol–water partition coefficient (Wildman–Crippen LogP) is 3.74. The maximum absolute atomic E-state index is 12.3. The molecule has 1 atom stereocenters. The highest BCUT2D eigenvalue weighted by molar-refractivity contribution is 6.32. The first kappa shape index (κ1) is 19.1. The number of halogens is 1. The average Bonchev–Trinajstić information content (AvgIpc) is 2.59. The van der Waals surface area contributed by atoms with Crippen molar-refractivity contribution in [2.45, 2.75) is 45.6 Å². The summed E-state index contributed by atoms with van der Waals surface area (Å²) in [5.74, 6) is 1.35. The van der Waals surface area contributed by atoms with Crippen molar-refractivity contribution in [3.05, 3.63) is 29.3 Å². The summed E-state index contributed by atoms with van der Waals surface area (Å²) in [5, 5.41) is 3.52. The molecule has 2 rings (SSSR count). The lowest BCUT2D eigenvalue weighted by Crippen LogP contribution is -2.40. The van der Waals surface area contributed by atoms with Gasteiger partial charge in [-0.05, 0) is 63.4 Å². The van der Waals surface area contributed by atoms with Crippen LogP contribution in [-0.2, 0) is 4.79 Å². The lowest BCUT2D eigenvalue weighted by molar-refractivity contribution is -0.128. The zero-order valence-electron chi connectivity index (χ0n) is 14.8. The van der Waals surface area contributed by atoms with Crippen LogP contribution in [-0.4, -0.2) is 43.1 Å². The molecule has 1 aromatic carbocycles. The van der Waals surface area contributed by atoms with Crippen molar-refractivity contribution in [2.75, 3.05) is 26.2 Å². The van der Waals surface area contributed by atoms with E-state index in [2.05, 4.69) is 17.1 Å². The second kappa shape index (κ2) is 9.90. The molecule has 1 amide bonds. The molecular weight excluding hydrogens is 324 g/mol. The highest BCUT2D eigenvalue weighted by Crippen LogP contribution is 2.24. The third kappa shape index (κ3) is 5.99. The SMILES string of the molecule is CC[C@H](Oc1ccccc1Cl)C(=O)NCCCN1CCC(C)CC1. The Morgan fingerprint density at radius 1 is 1.38 bits per heavy atom. The van der Waals surface area contributed by atoms with Crippen LogP contribution in [0.4, 0.5) is 0 Å². The van der Waals surface area contributed by atoms with Crippen LogP contribution < -0.4 is 10.1 Å². The van der Waals surface area contributed by atoms with Gasteiger partial charge in [-0.25, -0.2) is 0 Å². The first-order valence-electron chi connectivity index (χ1n) is 9.01. The smallest absolute Gasteiger partial charge is 0.261 e. The first-order valence-corrected chi connectivity index (χ1v) is 9.39. The fourth-order valence-corrected chi connectivity index (χ4v) is 3.11. The van der Waals surface area contributed by atoms with E-state index >= 15 is 0 Å². The fraction of sp³-hybridized carbons (Fsp3) is 0.632. The lowest BCUT2D eigenvalue weighted by atomic mass is 9.99. The maximum Gasteiger partial charge on any atom is 0.261 e. The molecule has 0 saturated carbocycles. The van der Waals surface area contributed by atoms with Gasteiger partial charge in [0.15, 0.2) is 6.10 Å². The normalized spacial score (nSPS) is 17.5. The average molecular weight is 353 g/mol. The van der Waals surface area contributed by atoms with Gasteiger partial charge in [-0.1, -0.05) is 37.6 Å². The molecule has 0 bridgehead atoms. The molecule has 1 aromatic rings. The van der Waals surface area contributed by atoms with Crippen molar-refractivity contribution in [1.82, 2.24) is 10.2 Å². The van der Waals surface area contributed by atoms with Gasteiger partial charge in [0.1, 0.15) is 5.75 Å². The van der Waals surface area contributed by atoms with Crippen LogP contribution in [0.25, 0.3) is 0 Å². The second-order valence-electron chi connectivity index (χ2n) is 6.61. The summed E-state index contributed by atoms with van der Waals surface area (Å²) >= 11 is 6.09. The van der Waals surface area contributed by atoms with Gasteiger partial charge in [0.2, 0.25) is 0 Å². The standard InChI is InChI=1S/C19H29ClN2O2/c1-3-17(24-18-8-5-4-7-16(18)20)19(23)21-11-6-12-22-13-9-15(2)10-14-22/h4-5,7-8,15,17H,3,6,9-14H2,1-2H3,(H,21,23)/t17-/m0/s1. The molecule has 1 heterocycles. The molecule has 0 radical (unpaired) electrons. The molecule has 1 aliphatic rings. The van der Waals surface area contributed by atoms with Crippen molar-refractivity contribution in [2.24, 2.45) is 5.92 Å². The highest BCUT2D eigenvalue weighted by atomic mass is 35.5. The van der Waals surface area contributed by atoms with E-state index in [1.165, 1.54) is 25.9 Å². The van der Waals surface area contributed by atoms with Crippen LogP contribution in [0.2, 0.25) is 5.02 Å². The summed E-state index contributed by atoms with van der Waals surface area (Å²) in [7, 11) is 0. The number of hydrogen-bond donors (Lipinski definition) is 1. The summed E-state index contributed by atoms with van der Waals surface area (Å²) in [6.45, 7) is 8.37. The second-order valence-corrected chi connectivity index (χ2v) is 7.02. The summed E-state index contributed by atoms with van der Waals surface area (Å²) in [6.07, 6.45) is 3.66. The van der Waals surface area contributed by atoms with Gasteiger partial charge >= 0.3 is 0 Å². The number of nitrogens with zero attached hydrogens (tertiary/aromatic N) is 1. The number of para-hydroxylation sites is 1. The van der Waals surface area contributed by atoms with E-state index in [4.69, 9.17) is 16.3 Å². The number of carbonyl (C=O) groups is 1.